The number of aromatic nitrogens is 3. The molecule has 0 bridgehead atoms. The minimum absolute atomic E-state index is 0. The number of rotatable bonds is 2. The molecule has 0 aliphatic heterocycles. The Morgan fingerprint density at radius 2 is 2.11 bits per heavy atom. The highest BCUT2D eigenvalue weighted by Crippen LogP contribution is 2.06. The normalized spacial score (nSPS) is 10.4. The summed E-state index contributed by atoms with van der Waals surface area (Å²) in [5, 5.41) is 1.87. The largest absolute Gasteiger partial charge is 1.00 e. The maximum absolute atomic E-state index is 11.8. The van der Waals surface area contributed by atoms with E-state index in [0.29, 0.717) is 6.54 Å². The standard InChI is InChI=1S/C13H12N3OS.ClH/c1-10-2-4-15(5-3-10)9-11-8-12(17)16-6-7-18-13(16)14-11;/h2-8H,9H2,1H3;1H/q+1;/p-1. The van der Waals surface area contributed by atoms with E-state index in [1.807, 2.05) is 41.4 Å². The van der Waals surface area contributed by atoms with Gasteiger partial charge in [-0.2, -0.15) is 4.57 Å². The number of pyridine rings is 1. The van der Waals surface area contributed by atoms with E-state index in [2.05, 4.69) is 4.98 Å². The molecular weight excluding hydrogens is 282 g/mol. The van der Waals surface area contributed by atoms with Gasteiger partial charge in [0, 0.05) is 29.8 Å². The highest BCUT2D eigenvalue weighted by atomic mass is 35.5. The maximum Gasteiger partial charge on any atom is 0.258 e. The molecule has 0 spiro atoms. The highest BCUT2D eigenvalue weighted by Gasteiger charge is 2.07. The lowest BCUT2D eigenvalue weighted by Crippen LogP contribution is -3.00. The van der Waals surface area contributed by atoms with E-state index in [1.54, 1.807) is 16.7 Å². The lowest BCUT2D eigenvalue weighted by atomic mass is 10.3. The van der Waals surface area contributed by atoms with E-state index in [-0.39, 0.29) is 18.0 Å². The van der Waals surface area contributed by atoms with Crippen molar-refractivity contribution in [2.45, 2.75) is 13.5 Å². The first kappa shape index (κ1) is 13.7. The SMILES string of the molecule is Cc1cc[n+](Cc2cc(=O)n3ccsc3n2)cc1.[Cl-]. The summed E-state index contributed by atoms with van der Waals surface area (Å²) in [6.45, 7) is 2.66. The quantitative estimate of drug-likeness (QED) is 0.534. The van der Waals surface area contributed by atoms with Crippen molar-refractivity contribution in [2.24, 2.45) is 0 Å². The minimum atomic E-state index is -0.0241. The lowest BCUT2D eigenvalue weighted by molar-refractivity contribution is -0.688. The molecule has 4 nitrogen and oxygen atoms in total. The molecule has 0 aromatic carbocycles. The Morgan fingerprint density at radius 3 is 2.84 bits per heavy atom. The third-order valence-corrected chi connectivity index (χ3v) is 3.52. The first-order valence-electron chi connectivity index (χ1n) is 5.64. The molecule has 0 atom stereocenters. The van der Waals surface area contributed by atoms with Crippen LogP contribution in [0, 0.1) is 6.92 Å². The predicted molar refractivity (Wildman–Crippen MR) is 69.8 cm³/mol. The first-order valence-corrected chi connectivity index (χ1v) is 6.52. The van der Waals surface area contributed by atoms with Crippen molar-refractivity contribution < 1.29 is 17.0 Å². The zero-order valence-electron chi connectivity index (χ0n) is 10.3. The molecule has 0 saturated carbocycles. The summed E-state index contributed by atoms with van der Waals surface area (Å²) in [4.78, 5) is 17.0. The molecule has 19 heavy (non-hydrogen) atoms. The predicted octanol–water partition coefficient (Wildman–Crippen LogP) is -1.60. The molecule has 0 aliphatic rings. The number of thiazole rings is 1. The van der Waals surface area contributed by atoms with E-state index in [0.717, 1.165) is 10.7 Å². The van der Waals surface area contributed by atoms with Crippen LogP contribution in [-0.2, 0) is 6.54 Å². The molecule has 0 amide bonds. The Morgan fingerprint density at radius 1 is 1.37 bits per heavy atom. The first-order chi connectivity index (χ1) is 8.72. The summed E-state index contributed by atoms with van der Waals surface area (Å²) in [6.07, 6.45) is 5.73. The second-order valence-corrected chi connectivity index (χ2v) is 5.06. The van der Waals surface area contributed by atoms with Gasteiger partial charge in [0.15, 0.2) is 23.9 Å². The maximum atomic E-state index is 11.8. The van der Waals surface area contributed by atoms with E-state index < -0.39 is 0 Å². The monoisotopic (exact) mass is 293 g/mol. The Bertz CT molecular complexity index is 748. The summed E-state index contributed by atoms with van der Waals surface area (Å²) < 4.78 is 3.58. The molecule has 98 valence electrons. The van der Waals surface area contributed by atoms with Crippen LogP contribution >= 0.6 is 11.3 Å². The number of hydrogen-bond donors (Lipinski definition) is 0. The molecule has 3 rings (SSSR count). The third-order valence-electron chi connectivity index (χ3n) is 2.76. The van der Waals surface area contributed by atoms with Crippen LogP contribution < -0.4 is 22.5 Å². The van der Waals surface area contributed by atoms with E-state index in [4.69, 9.17) is 0 Å². The molecular formula is C13H12ClN3OS. The second-order valence-electron chi connectivity index (χ2n) is 4.19. The van der Waals surface area contributed by atoms with Crippen LogP contribution in [0.4, 0.5) is 0 Å². The smallest absolute Gasteiger partial charge is 0.258 e. The summed E-state index contributed by atoms with van der Waals surface area (Å²) in [6, 6.07) is 5.67. The van der Waals surface area contributed by atoms with Gasteiger partial charge in [-0.05, 0) is 12.5 Å². The number of hydrogen-bond acceptors (Lipinski definition) is 3. The van der Waals surface area contributed by atoms with Gasteiger partial charge in [-0.3, -0.25) is 9.20 Å². The van der Waals surface area contributed by atoms with Crippen LogP contribution in [0.1, 0.15) is 11.3 Å². The van der Waals surface area contributed by atoms with Gasteiger partial charge in [0.05, 0.1) is 0 Å². The van der Waals surface area contributed by atoms with Gasteiger partial charge in [0.1, 0.15) is 5.69 Å². The van der Waals surface area contributed by atoms with Crippen LogP contribution in [0.25, 0.3) is 4.96 Å². The molecule has 6 heteroatoms. The number of nitrogens with zero attached hydrogens (tertiary/aromatic N) is 3. The average molecular weight is 294 g/mol. The molecule has 0 fully saturated rings. The van der Waals surface area contributed by atoms with E-state index >= 15 is 0 Å². The minimum Gasteiger partial charge on any atom is -1.00 e. The van der Waals surface area contributed by atoms with Gasteiger partial charge in [-0.25, -0.2) is 4.98 Å². The van der Waals surface area contributed by atoms with Gasteiger partial charge < -0.3 is 12.4 Å². The van der Waals surface area contributed by atoms with Gasteiger partial charge in [0.2, 0.25) is 0 Å². The van der Waals surface area contributed by atoms with Crippen molar-refractivity contribution >= 4 is 16.3 Å². The summed E-state index contributed by atoms with van der Waals surface area (Å²) in [7, 11) is 0. The van der Waals surface area contributed by atoms with Crippen molar-refractivity contribution in [1.82, 2.24) is 9.38 Å². The molecule has 0 radical (unpaired) electrons. The van der Waals surface area contributed by atoms with Crippen molar-refractivity contribution in [3.8, 4) is 0 Å². The number of fused-ring (bicyclic) bond motifs is 1. The topological polar surface area (TPSA) is 38.2 Å². The second kappa shape index (κ2) is 5.50. The highest BCUT2D eigenvalue weighted by molar-refractivity contribution is 7.15. The molecule has 3 aromatic rings. The molecule has 0 aliphatic carbocycles. The fourth-order valence-corrected chi connectivity index (χ4v) is 2.53. The fraction of sp³-hybridized carbons (Fsp3) is 0.154. The average Bonchev–Trinajstić information content (AvgIpc) is 2.81. The Labute approximate surface area is 120 Å². The lowest BCUT2D eigenvalue weighted by Gasteiger charge is -1.98. The summed E-state index contributed by atoms with van der Waals surface area (Å²) in [5.41, 5.74) is 1.98. The van der Waals surface area contributed by atoms with Crippen LogP contribution in [0.15, 0.2) is 47.0 Å². The molecule has 3 aromatic heterocycles. The third kappa shape index (κ3) is 2.83. The van der Waals surface area contributed by atoms with E-state index in [1.165, 1.54) is 16.9 Å². The molecule has 0 N–H and O–H groups in total. The van der Waals surface area contributed by atoms with E-state index in [9.17, 15) is 4.79 Å². The Balaban J connectivity index is 0.00000133. The van der Waals surface area contributed by atoms with Crippen LogP contribution in [0.5, 0.6) is 0 Å². The zero-order chi connectivity index (χ0) is 12.5. The van der Waals surface area contributed by atoms with Gasteiger partial charge in [0.25, 0.3) is 5.56 Å². The Kier molecular flexibility index (Phi) is 3.97. The summed E-state index contributed by atoms with van der Waals surface area (Å²) >= 11 is 1.47. The fourth-order valence-electron chi connectivity index (χ4n) is 1.79. The van der Waals surface area contributed by atoms with Gasteiger partial charge >= 0.3 is 0 Å². The van der Waals surface area contributed by atoms with Crippen molar-refractivity contribution in [3.63, 3.8) is 0 Å². The molecule has 0 saturated heterocycles. The van der Waals surface area contributed by atoms with Gasteiger partial charge in [-0.1, -0.05) is 0 Å². The number of halogens is 1. The molecule has 3 heterocycles. The van der Waals surface area contributed by atoms with Crippen LogP contribution in [-0.4, -0.2) is 9.38 Å². The number of aryl methyl sites for hydroxylation is 1. The van der Waals surface area contributed by atoms with Crippen LogP contribution in [0.3, 0.4) is 0 Å². The van der Waals surface area contributed by atoms with Crippen molar-refractivity contribution in [1.29, 1.82) is 0 Å². The van der Waals surface area contributed by atoms with Crippen molar-refractivity contribution in [2.75, 3.05) is 0 Å². The summed E-state index contributed by atoms with van der Waals surface area (Å²) in [5.74, 6) is 0. The zero-order valence-corrected chi connectivity index (χ0v) is 11.9. The Hall–Kier alpha value is -1.72. The van der Waals surface area contributed by atoms with Crippen molar-refractivity contribution in [3.05, 3.63) is 63.8 Å². The van der Waals surface area contributed by atoms with Gasteiger partial charge in [-0.15, -0.1) is 11.3 Å². The molecule has 0 unspecified atom stereocenters. The van der Waals surface area contributed by atoms with Crippen LogP contribution in [0.2, 0.25) is 0 Å².